The van der Waals surface area contributed by atoms with Crippen molar-refractivity contribution in [3.63, 3.8) is 0 Å². The van der Waals surface area contributed by atoms with Crippen LogP contribution in [-0.4, -0.2) is 25.3 Å². The van der Waals surface area contributed by atoms with Gasteiger partial charge in [0.2, 0.25) is 0 Å². The highest BCUT2D eigenvalue weighted by atomic mass is 16.5. The summed E-state index contributed by atoms with van der Waals surface area (Å²) in [6, 6.07) is 0.490. The minimum Gasteiger partial charge on any atom is -0.374 e. The van der Waals surface area contributed by atoms with Crippen molar-refractivity contribution in [2.45, 2.75) is 59.1 Å². The van der Waals surface area contributed by atoms with Crippen LogP contribution in [-0.2, 0) is 4.74 Å². The Morgan fingerprint density at radius 1 is 1.14 bits per heavy atom. The van der Waals surface area contributed by atoms with Gasteiger partial charge in [0.15, 0.2) is 0 Å². The van der Waals surface area contributed by atoms with E-state index in [9.17, 15) is 0 Å². The van der Waals surface area contributed by atoms with Crippen molar-refractivity contribution in [3.05, 3.63) is 0 Å². The van der Waals surface area contributed by atoms with Crippen LogP contribution in [0.5, 0.6) is 0 Å². The highest BCUT2D eigenvalue weighted by Crippen LogP contribution is 2.16. The largest absolute Gasteiger partial charge is 0.374 e. The Hall–Kier alpha value is -0.0800. The monoisotopic (exact) mass is 201 g/mol. The van der Waals surface area contributed by atoms with E-state index in [2.05, 4.69) is 39.9 Å². The number of ether oxygens (including phenoxy) is 1. The Morgan fingerprint density at radius 2 is 1.64 bits per heavy atom. The maximum absolute atomic E-state index is 5.80. The molecule has 0 aromatic carbocycles. The topological polar surface area (TPSA) is 21.3 Å². The molecule has 0 bridgehead atoms. The van der Waals surface area contributed by atoms with Crippen molar-refractivity contribution in [1.82, 2.24) is 5.32 Å². The maximum Gasteiger partial charge on any atom is 0.0629 e. The van der Waals surface area contributed by atoms with Crippen molar-refractivity contribution >= 4 is 0 Å². The van der Waals surface area contributed by atoms with Crippen molar-refractivity contribution < 1.29 is 4.74 Å². The number of rotatable bonds is 6. The van der Waals surface area contributed by atoms with Gasteiger partial charge in [0.25, 0.3) is 0 Å². The molecule has 0 saturated carbocycles. The average molecular weight is 201 g/mol. The zero-order valence-corrected chi connectivity index (χ0v) is 10.7. The molecule has 0 amide bonds. The molecular weight excluding hydrogens is 174 g/mol. The molecule has 0 aliphatic carbocycles. The second kappa shape index (κ2) is 6.41. The molecule has 1 N–H and O–H groups in total. The lowest BCUT2D eigenvalue weighted by atomic mass is 9.95. The van der Waals surface area contributed by atoms with Crippen LogP contribution < -0.4 is 5.32 Å². The molecule has 14 heavy (non-hydrogen) atoms. The summed E-state index contributed by atoms with van der Waals surface area (Å²) in [7, 11) is 2.02. The normalized spacial score (nSPS) is 14.8. The molecule has 0 rings (SSSR count). The Morgan fingerprint density at radius 3 is 1.93 bits per heavy atom. The third-order valence-electron chi connectivity index (χ3n) is 2.68. The molecule has 0 radical (unpaired) electrons. The number of hydrogen-bond donors (Lipinski definition) is 1. The molecule has 0 aliphatic heterocycles. The lowest BCUT2D eigenvalue weighted by molar-refractivity contribution is -0.0217. The van der Waals surface area contributed by atoms with E-state index in [1.54, 1.807) is 0 Å². The fourth-order valence-electron chi connectivity index (χ4n) is 1.65. The minimum absolute atomic E-state index is 0.0267. The van der Waals surface area contributed by atoms with Crippen LogP contribution in [0.4, 0.5) is 0 Å². The zero-order valence-electron chi connectivity index (χ0n) is 10.7. The highest BCUT2D eigenvalue weighted by molar-refractivity contribution is 4.74. The minimum atomic E-state index is -0.0267. The third-order valence-corrected chi connectivity index (χ3v) is 2.68. The van der Waals surface area contributed by atoms with Gasteiger partial charge in [-0.15, -0.1) is 0 Å². The van der Waals surface area contributed by atoms with Gasteiger partial charge in [0.05, 0.1) is 12.2 Å². The SMILES string of the molecule is CCC(CC)C(COC(C)(C)C)NC. The summed E-state index contributed by atoms with van der Waals surface area (Å²) in [6.07, 6.45) is 2.44. The standard InChI is InChI=1S/C12H27NO/c1-7-10(8-2)11(13-6)9-14-12(3,4)5/h10-11,13H,7-9H2,1-6H3. The maximum atomic E-state index is 5.80. The molecule has 1 atom stereocenters. The molecule has 0 heterocycles. The lowest BCUT2D eigenvalue weighted by Gasteiger charge is -2.28. The Labute approximate surface area is 89.4 Å². The highest BCUT2D eigenvalue weighted by Gasteiger charge is 2.19. The Bertz CT molecular complexity index is 136. The molecule has 0 saturated heterocycles. The smallest absolute Gasteiger partial charge is 0.0629 e. The van der Waals surface area contributed by atoms with Crippen molar-refractivity contribution in [3.8, 4) is 0 Å². The molecule has 0 fully saturated rings. The van der Waals surface area contributed by atoms with Crippen LogP contribution in [0.2, 0.25) is 0 Å². The fraction of sp³-hybridized carbons (Fsp3) is 1.00. The first-order valence-corrected chi connectivity index (χ1v) is 5.75. The van der Waals surface area contributed by atoms with Crippen LogP contribution in [0.1, 0.15) is 47.5 Å². The van der Waals surface area contributed by atoms with Crippen LogP contribution >= 0.6 is 0 Å². The second-order valence-corrected chi connectivity index (χ2v) is 4.90. The molecule has 2 nitrogen and oxygen atoms in total. The van der Waals surface area contributed by atoms with Gasteiger partial charge in [-0.25, -0.2) is 0 Å². The van der Waals surface area contributed by atoms with Crippen molar-refractivity contribution in [2.24, 2.45) is 5.92 Å². The summed E-state index contributed by atoms with van der Waals surface area (Å²) in [6.45, 7) is 11.6. The van der Waals surface area contributed by atoms with E-state index in [-0.39, 0.29) is 5.60 Å². The molecule has 1 unspecified atom stereocenters. The van der Waals surface area contributed by atoms with Crippen LogP contribution in [0, 0.1) is 5.92 Å². The van der Waals surface area contributed by atoms with E-state index in [1.165, 1.54) is 12.8 Å². The first-order chi connectivity index (χ1) is 6.44. The van der Waals surface area contributed by atoms with Gasteiger partial charge >= 0.3 is 0 Å². The van der Waals surface area contributed by atoms with Crippen molar-refractivity contribution in [1.29, 1.82) is 0 Å². The van der Waals surface area contributed by atoms with E-state index in [0.29, 0.717) is 6.04 Å². The summed E-state index contributed by atoms with van der Waals surface area (Å²) >= 11 is 0. The predicted molar refractivity (Wildman–Crippen MR) is 62.6 cm³/mol. The predicted octanol–water partition coefficient (Wildman–Crippen LogP) is 2.83. The molecule has 0 aromatic heterocycles. The Balaban J connectivity index is 4.01. The summed E-state index contributed by atoms with van der Waals surface area (Å²) in [5.41, 5.74) is -0.0267. The first-order valence-electron chi connectivity index (χ1n) is 5.75. The van der Waals surface area contributed by atoms with Gasteiger partial charge in [-0.1, -0.05) is 26.7 Å². The average Bonchev–Trinajstić information content (AvgIpc) is 2.10. The second-order valence-electron chi connectivity index (χ2n) is 4.90. The van der Waals surface area contributed by atoms with E-state index in [1.807, 2.05) is 7.05 Å². The Kier molecular flexibility index (Phi) is 6.38. The van der Waals surface area contributed by atoms with Crippen LogP contribution in [0.25, 0.3) is 0 Å². The summed E-state index contributed by atoms with van der Waals surface area (Å²) in [5, 5.41) is 3.35. The van der Waals surface area contributed by atoms with Gasteiger partial charge in [-0.05, 0) is 33.7 Å². The van der Waals surface area contributed by atoms with Gasteiger partial charge < -0.3 is 10.1 Å². The molecular formula is C12H27NO. The quantitative estimate of drug-likeness (QED) is 0.713. The summed E-state index contributed by atoms with van der Waals surface area (Å²) in [4.78, 5) is 0. The van der Waals surface area contributed by atoms with Gasteiger partial charge in [-0.2, -0.15) is 0 Å². The van der Waals surface area contributed by atoms with Gasteiger partial charge in [0, 0.05) is 6.04 Å². The van der Waals surface area contributed by atoms with E-state index in [4.69, 9.17) is 4.74 Å². The molecule has 2 heteroatoms. The number of nitrogens with one attached hydrogen (secondary N) is 1. The zero-order chi connectivity index (χ0) is 11.2. The van der Waals surface area contributed by atoms with Crippen molar-refractivity contribution in [2.75, 3.05) is 13.7 Å². The molecule has 0 aliphatic rings. The first kappa shape index (κ1) is 13.9. The number of hydrogen-bond acceptors (Lipinski definition) is 2. The molecule has 0 aromatic rings. The summed E-state index contributed by atoms with van der Waals surface area (Å²) in [5.74, 6) is 0.724. The van der Waals surface area contributed by atoms with E-state index >= 15 is 0 Å². The lowest BCUT2D eigenvalue weighted by Crippen LogP contribution is -2.39. The van der Waals surface area contributed by atoms with Gasteiger partial charge in [0.1, 0.15) is 0 Å². The molecule has 0 spiro atoms. The summed E-state index contributed by atoms with van der Waals surface area (Å²) < 4.78 is 5.80. The number of likely N-dealkylation sites (N-methyl/N-ethyl adjacent to an activating group) is 1. The van der Waals surface area contributed by atoms with Gasteiger partial charge in [-0.3, -0.25) is 0 Å². The van der Waals surface area contributed by atoms with Crippen LogP contribution in [0.15, 0.2) is 0 Å². The third kappa shape index (κ3) is 5.61. The van der Waals surface area contributed by atoms with Crippen LogP contribution in [0.3, 0.4) is 0 Å². The van der Waals surface area contributed by atoms with E-state index < -0.39 is 0 Å². The molecule has 86 valence electrons. The van der Waals surface area contributed by atoms with E-state index in [0.717, 1.165) is 12.5 Å². The fourth-order valence-corrected chi connectivity index (χ4v) is 1.65.